The predicted octanol–water partition coefficient (Wildman–Crippen LogP) is 1.13. The molecular formula is C14H17BrNO5-. The van der Waals surface area contributed by atoms with E-state index in [1.54, 1.807) is 45.0 Å². The fourth-order valence-corrected chi connectivity index (χ4v) is 1.82. The Morgan fingerprint density at radius 3 is 2.24 bits per heavy atom. The Hall–Kier alpha value is -1.60. The lowest BCUT2D eigenvalue weighted by Crippen LogP contribution is -2.52. The van der Waals surface area contributed by atoms with Crippen molar-refractivity contribution in [3.8, 4) is 0 Å². The van der Waals surface area contributed by atoms with Crippen molar-refractivity contribution in [1.29, 1.82) is 0 Å². The minimum Gasteiger partial charge on any atom is -0.548 e. The number of aliphatic hydroxyl groups is 1. The van der Waals surface area contributed by atoms with Crippen molar-refractivity contribution in [3.63, 3.8) is 0 Å². The van der Waals surface area contributed by atoms with E-state index >= 15 is 0 Å². The second kappa shape index (κ2) is 6.91. The van der Waals surface area contributed by atoms with Crippen molar-refractivity contribution >= 4 is 28.0 Å². The molecule has 21 heavy (non-hydrogen) atoms. The number of benzene rings is 1. The molecule has 0 aliphatic heterocycles. The van der Waals surface area contributed by atoms with Crippen LogP contribution in [0.25, 0.3) is 0 Å². The van der Waals surface area contributed by atoms with Crippen LogP contribution in [0.5, 0.6) is 0 Å². The Kier molecular flexibility index (Phi) is 5.74. The molecule has 116 valence electrons. The highest BCUT2D eigenvalue weighted by Gasteiger charge is 2.26. The highest BCUT2D eigenvalue weighted by molar-refractivity contribution is 9.10. The van der Waals surface area contributed by atoms with Gasteiger partial charge in [0.05, 0.1) is 5.97 Å². The molecule has 0 aliphatic carbocycles. The van der Waals surface area contributed by atoms with Gasteiger partial charge < -0.3 is 25.1 Å². The minimum atomic E-state index is -1.61. The first-order valence-corrected chi connectivity index (χ1v) is 7.03. The van der Waals surface area contributed by atoms with E-state index in [0.29, 0.717) is 5.56 Å². The minimum absolute atomic E-state index is 0.337. The summed E-state index contributed by atoms with van der Waals surface area (Å²) in [6.07, 6.45) is -2.39. The van der Waals surface area contributed by atoms with Gasteiger partial charge in [-0.25, -0.2) is 4.79 Å². The van der Waals surface area contributed by atoms with Crippen LogP contribution in [0, 0.1) is 0 Å². The first-order valence-electron chi connectivity index (χ1n) is 6.24. The number of carboxylic acid groups (broad SMARTS) is 1. The number of aliphatic hydroxyl groups excluding tert-OH is 1. The fraction of sp³-hybridized carbons (Fsp3) is 0.429. The van der Waals surface area contributed by atoms with Crippen LogP contribution >= 0.6 is 15.9 Å². The first-order chi connectivity index (χ1) is 9.60. The number of hydrogen-bond acceptors (Lipinski definition) is 5. The van der Waals surface area contributed by atoms with Gasteiger partial charge in [-0.3, -0.25) is 0 Å². The van der Waals surface area contributed by atoms with Crippen molar-refractivity contribution in [1.82, 2.24) is 5.32 Å². The third-order valence-corrected chi connectivity index (χ3v) is 2.98. The van der Waals surface area contributed by atoms with E-state index in [2.05, 4.69) is 21.2 Å². The molecule has 0 fully saturated rings. The number of carboxylic acids is 1. The lowest BCUT2D eigenvalue weighted by Gasteiger charge is -2.27. The number of halogens is 1. The Bertz CT molecular complexity index is 509. The molecule has 0 saturated carbocycles. The Balaban J connectivity index is 2.84. The zero-order chi connectivity index (χ0) is 16.2. The number of hydrogen-bond donors (Lipinski definition) is 2. The summed E-state index contributed by atoms with van der Waals surface area (Å²) in [5, 5.41) is 23.3. The lowest BCUT2D eigenvalue weighted by molar-refractivity contribution is -0.310. The molecule has 1 rings (SSSR count). The molecule has 2 atom stereocenters. The molecule has 7 heteroatoms. The Morgan fingerprint density at radius 1 is 1.29 bits per heavy atom. The topological polar surface area (TPSA) is 98.7 Å². The van der Waals surface area contributed by atoms with E-state index in [-0.39, 0.29) is 0 Å². The van der Waals surface area contributed by atoms with Gasteiger partial charge in [0.15, 0.2) is 0 Å². The molecule has 0 aromatic heterocycles. The number of carbonyl (C=O) groups excluding carboxylic acids is 2. The van der Waals surface area contributed by atoms with E-state index in [1.165, 1.54) is 0 Å². The number of alkyl carbamates (subject to hydrolysis) is 1. The maximum Gasteiger partial charge on any atom is 0.408 e. The van der Waals surface area contributed by atoms with Gasteiger partial charge >= 0.3 is 6.09 Å². The van der Waals surface area contributed by atoms with Gasteiger partial charge in [0, 0.05) is 4.47 Å². The summed E-state index contributed by atoms with van der Waals surface area (Å²) in [6, 6.07) is 4.78. The van der Waals surface area contributed by atoms with Crippen molar-refractivity contribution in [3.05, 3.63) is 34.3 Å². The summed E-state index contributed by atoms with van der Waals surface area (Å²) in [4.78, 5) is 22.8. The van der Waals surface area contributed by atoms with Crippen LogP contribution in [-0.4, -0.2) is 28.8 Å². The normalized spacial score (nSPS) is 14.1. The molecule has 0 spiro atoms. The van der Waals surface area contributed by atoms with Crippen molar-refractivity contribution < 1.29 is 24.5 Å². The third-order valence-electron chi connectivity index (χ3n) is 2.45. The second-order valence-electron chi connectivity index (χ2n) is 5.44. The molecule has 0 aliphatic rings. The highest BCUT2D eigenvalue weighted by atomic mass is 79.9. The summed E-state index contributed by atoms with van der Waals surface area (Å²) < 4.78 is 5.74. The summed E-state index contributed by atoms with van der Waals surface area (Å²) in [7, 11) is 0. The smallest absolute Gasteiger partial charge is 0.408 e. The van der Waals surface area contributed by atoms with Crippen LogP contribution in [0.3, 0.4) is 0 Å². The predicted molar refractivity (Wildman–Crippen MR) is 77.3 cm³/mol. The van der Waals surface area contributed by atoms with E-state index in [4.69, 9.17) is 4.74 Å². The average molecular weight is 359 g/mol. The Labute approximate surface area is 131 Å². The van der Waals surface area contributed by atoms with E-state index in [0.717, 1.165) is 4.47 Å². The molecule has 1 aromatic rings. The van der Waals surface area contributed by atoms with Gasteiger partial charge in [-0.05, 0) is 38.5 Å². The molecule has 1 aromatic carbocycles. The van der Waals surface area contributed by atoms with Crippen LogP contribution in [0.1, 0.15) is 32.4 Å². The summed E-state index contributed by atoms with van der Waals surface area (Å²) in [5.74, 6) is -1.60. The highest BCUT2D eigenvalue weighted by Crippen LogP contribution is 2.20. The van der Waals surface area contributed by atoms with Gasteiger partial charge in [-0.1, -0.05) is 28.1 Å². The number of nitrogens with one attached hydrogen (secondary N) is 1. The summed E-state index contributed by atoms with van der Waals surface area (Å²) >= 11 is 3.23. The maximum absolute atomic E-state index is 11.6. The SMILES string of the molecule is CC(C)(C)OC(=O)N[C@H](C(=O)[O-])[C@@H](O)c1ccc(Br)cc1. The van der Waals surface area contributed by atoms with E-state index < -0.39 is 29.8 Å². The molecule has 0 bridgehead atoms. The molecule has 0 heterocycles. The molecule has 0 radical (unpaired) electrons. The first kappa shape index (κ1) is 17.5. The van der Waals surface area contributed by atoms with E-state index in [1.807, 2.05) is 0 Å². The van der Waals surface area contributed by atoms with Crippen molar-refractivity contribution in [2.75, 3.05) is 0 Å². The lowest BCUT2D eigenvalue weighted by atomic mass is 10.0. The molecule has 6 nitrogen and oxygen atoms in total. The largest absolute Gasteiger partial charge is 0.548 e. The standard InChI is InChI=1S/C14H18BrNO5/c1-14(2,3)21-13(20)16-10(12(18)19)11(17)8-4-6-9(15)7-5-8/h4-7,10-11,17H,1-3H3,(H,16,20)(H,18,19)/p-1/t10-,11-/m0/s1. The van der Waals surface area contributed by atoms with Crippen molar-refractivity contribution in [2.45, 2.75) is 38.5 Å². The summed E-state index contributed by atoms with van der Waals surface area (Å²) in [6.45, 7) is 4.93. The van der Waals surface area contributed by atoms with Gasteiger partial charge in [0.2, 0.25) is 0 Å². The zero-order valence-corrected chi connectivity index (χ0v) is 13.5. The molecule has 1 amide bonds. The van der Waals surface area contributed by atoms with Crippen LogP contribution in [-0.2, 0) is 9.53 Å². The molecular weight excluding hydrogens is 342 g/mol. The maximum atomic E-state index is 11.6. The number of rotatable bonds is 4. The van der Waals surface area contributed by atoms with Crippen LogP contribution in [0.2, 0.25) is 0 Å². The van der Waals surface area contributed by atoms with Gasteiger partial charge in [-0.15, -0.1) is 0 Å². The Morgan fingerprint density at radius 2 is 1.81 bits per heavy atom. The van der Waals surface area contributed by atoms with Gasteiger partial charge in [-0.2, -0.15) is 0 Å². The number of amides is 1. The molecule has 0 saturated heterocycles. The van der Waals surface area contributed by atoms with Gasteiger partial charge in [0.1, 0.15) is 17.7 Å². The zero-order valence-electron chi connectivity index (χ0n) is 11.9. The quantitative estimate of drug-likeness (QED) is 0.840. The van der Waals surface area contributed by atoms with Gasteiger partial charge in [0.25, 0.3) is 0 Å². The fourth-order valence-electron chi connectivity index (χ4n) is 1.55. The second-order valence-corrected chi connectivity index (χ2v) is 6.36. The van der Waals surface area contributed by atoms with Crippen LogP contribution in [0.15, 0.2) is 28.7 Å². The van der Waals surface area contributed by atoms with Crippen molar-refractivity contribution in [2.24, 2.45) is 0 Å². The number of carbonyl (C=O) groups is 2. The average Bonchev–Trinajstić information content (AvgIpc) is 2.33. The van der Waals surface area contributed by atoms with E-state index in [9.17, 15) is 19.8 Å². The summed E-state index contributed by atoms with van der Waals surface area (Å²) in [5.41, 5.74) is -0.438. The third kappa shape index (κ3) is 5.73. The molecule has 2 N–H and O–H groups in total. The number of aliphatic carboxylic acids is 1. The van der Waals surface area contributed by atoms with Crippen LogP contribution < -0.4 is 10.4 Å². The number of ether oxygens (including phenoxy) is 1. The van der Waals surface area contributed by atoms with Crippen LogP contribution in [0.4, 0.5) is 4.79 Å². The molecule has 0 unspecified atom stereocenters. The monoisotopic (exact) mass is 358 g/mol.